The van der Waals surface area contributed by atoms with Gasteiger partial charge in [-0.25, -0.2) is 26.8 Å². The van der Waals surface area contributed by atoms with E-state index in [0.717, 1.165) is 35.7 Å². The van der Waals surface area contributed by atoms with Crippen LogP contribution in [0, 0.1) is 23.0 Å². The number of nitrogens with one attached hydrogen (secondary N) is 2. The molecule has 236 valence electrons. The Bertz CT molecular complexity index is 1330. The minimum absolute atomic E-state index is 0.0168. The fraction of sp³-hybridized carbons (Fsp3) is 0.500. The highest BCUT2D eigenvalue weighted by Gasteiger charge is 2.32. The Morgan fingerprint density at radius 2 is 1.77 bits per heavy atom. The summed E-state index contributed by atoms with van der Waals surface area (Å²) in [6.07, 6.45) is -0.527. The van der Waals surface area contributed by atoms with Crippen LogP contribution < -0.4 is 16.4 Å². The molecule has 0 bridgehead atoms. The number of rotatable bonds is 18. The number of halogens is 2. The average molecular weight is 623 g/mol. The number of nitrogens with two attached hydrogens (primary N) is 1. The monoisotopic (exact) mass is 622 g/mol. The Kier molecular flexibility index (Phi) is 15.0. The van der Waals surface area contributed by atoms with Crippen LogP contribution in [0.5, 0.6) is 0 Å². The van der Waals surface area contributed by atoms with Gasteiger partial charge < -0.3 is 25.8 Å². The van der Waals surface area contributed by atoms with Crippen molar-refractivity contribution in [2.45, 2.75) is 70.7 Å². The van der Waals surface area contributed by atoms with E-state index in [9.17, 15) is 26.8 Å². The first-order valence-electron chi connectivity index (χ1n) is 14.2. The number of aryl methyl sites for hydroxylation is 1. The number of nitriles is 1. The third-order valence-corrected chi connectivity index (χ3v) is 8.22. The second-order valence-corrected chi connectivity index (χ2v) is 12.4. The number of alkyl carbamates (subject to hydrolysis) is 1. The molecule has 2 aromatic carbocycles. The molecule has 2 rings (SSSR count). The zero-order valence-electron chi connectivity index (χ0n) is 24.5. The van der Waals surface area contributed by atoms with Crippen LogP contribution in [0.3, 0.4) is 0 Å². The van der Waals surface area contributed by atoms with Crippen molar-refractivity contribution >= 4 is 21.9 Å². The van der Waals surface area contributed by atoms with Gasteiger partial charge in [0.1, 0.15) is 30.4 Å². The first kappa shape index (κ1) is 35.6. The highest BCUT2D eigenvalue weighted by atomic mass is 32.2. The lowest BCUT2D eigenvalue weighted by molar-refractivity contribution is -0.151. The molecule has 0 saturated carbocycles. The lowest BCUT2D eigenvalue weighted by Gasteiger charge is -2.27. The molecule has 2 aromatic rings. The molecular formula is C30H40F2N4O6S. The smallest absolute Gasteiger partial charge is 0.407 e. The molecule has 0 saturated heterocycles. The number of nitrogens with zero attached hydrogens (tertiary/aromatic N) is 1. The van der Waals surface area contributed by atoms with Crippen LogP contribution in [0.15, 0.2) is 42.5 Å². The van der Waals surface area contributed by atoms with E-state index in [4.69, 9.17) is 20.5 Å². The molecule has 0 heterocycles. The van der Waals surface area contributed by atoms with Crippen molar-refractivity contribution in [3.05, 3.63) is 70.8 Å². The predicted octanol–water partition coefficient (Wildman–Crippen LogP) is 3.32. The van der Waals surface area contributed by atoms with Crippen LogP contribution in [0.4, 0.5) is 13.6 Å². The molecule has 0 radical (unpaired) electrons. The molecule has 0 spiro atoms. The number of hydrogen-bond acceptors (Lipinski definition) is 9. The highest BCUT2D eigenvalue weighted by molar-refractivity contribution is 7.91. The fourth-order valence-electron chi connectivity index (χ4n) is 4.21. The van der Waals surface area contributed by atoms with E-state index in [2.05, 4.69) is 10.6 Å². The maximum absolute atomic E-state index is 13.8. The molecule has 0 aromatic heterocycles. The van der Waals surface area contributed by atoms with Crippen LogP contribution in [-0.4, -0.2) is 63.3 Å². The number of benzene rings is 2. The first-order chi connectivity index (χ1) is 20.5. The van der Waals surface area contributed by atoms with Gasteiger partial charge in [-0.2, -0.15) is 5.26 Å². The normalized spacial score (nSPS) is 13.4. The molecule has 10 nitrogen and oxygen atoms in total. The maximum atomic E-state index is 13.8. The van der Waals surface area contributed by atoms with Crippen molar-refractivity contribution in [3.63, 3.8) is 0 Å². The predicted molar refractivity (Wildman–Crippen MR) is 158 cm³/mol. The Morgan fingerprint density at radius 1 is 1.07 bits per heavy atom. The van der Waals surface area contributed by atoms with E-state index >= 15 is 0 Å². The number of hydrogen-bond donors (Lipinski definition) is 3. The lowest BCUT2D eigenvalue weighted by atomic mass is 10.0. The number of ether oxygens (including phenoxy) is 2. The van der Waals surface area contributed by atoms with Crippen molar-refractivity contribution in [2.75, 3.05) is 24.7 Å². The largest absolute Gasteiger partial charge is 0.458 e. The molecule has 13 heteroatoms. The Hall–Kier alpha value is -3.60. The Balaban J connectivity index is 2.26. The van der Waals surface area contributed by atoms with Crippen LogP contribution >= 0.6 is 0 Å². The third kappa shape index (κ3) is 13.5. The maximum Gasteiger partial charge on any atom is 0.407 e. The van der Waals surface area contributed by atoms with Crippen molar-refractivity contribution in [3.8, 4) is 6.07 Å². The van der Waals surface area contributed by atoms with E-state index in [1.54, 1.807) is 6.07 Å². The van der Waals surface area contributed by atoms with Gasteiger partial charge in [-0.15, -0.1) is 0 Å². The third-order valence-electron chi connectivity index (χ3n) is 6.47. The molecular weight excluding hydrogens is 582 g/mol. The summed E-state index contributed by atoms with van der Waals surface area (Å²) in [5.41, 5.74) is 8.71. The Labute approximate surface area is 251 Å². The fourth-order valence-corrected chi connectivity index (χ4v) is 5.83. The van der Waals surface area contributed by atoms with Gasteiger partial charge in [-0.05, 0) is 48.1 Å². The van der Waals surface area contributed by atoms with Crippen molar-refractivity contribution < 1.29 is 36.3 Å². The van der Waals surface area contributed by atoms with Crippen molar-refractivity contribution in [1.29, 1.82) is 5.26 Å². The van der Waals surface area contributed by atoms with Crippen molar-refractivity contribution in [2.24, 2.45) is 5.73 Å². The topological polar surface area (TPSA) is 161 Å². The summed E-state index contributed by atoms with van der Waals surface area (Å²) in [5.74, 6) is -3.60. The van der Waals surface area contributed by atoms with E-state index in [1.165, 1.54) is 0 Å². The molecule has 43 heavy (non-hydrogen) atoms. The van der Waals surface area contributed by atoms with Gasteiger partial charge in [0, 0.05) is 25.2 Å². The molecule has 1 amide bonds. The van der Waals surface area contributed by atoms with E-state index in [-0.39, 0.29) is 37.3 Å². The summed E-state index contributed by atoms with van der Waals surface area (Å²) in [5, 5.41) is 14.1. The summed E-state index contributed by atoms with van der Waals surface area (Å²) in [7, 11) is -3.79. The van der Waals surface area contributed by atoms with Gasteiger partial charge in [-0.3, -0.25) is 0 Å². The molecule has 4 N–H and O–H groups in total. The SMILES string of the molecule is CCCCS(=O)(=O)C[C@@H](NC(=O)OCCC#N)C(=O)O[C@H](CNCc1cccc(CC)c1)[C@@H](N)Cc1cc(F)cc(F)c1. The van der Waals surface area contributed by atoms with Crippen molar-refractivity contribution in [1.82, 2.24) is 10.6 Å². The number of unbranched alkanes of at least 4 members (excludes halogenated alkanes) is 1. The number of esters is 1. The molecule has 0 aliphatic heterocycles. The summed E-state index contributed by atoms with van der Waals surface area (Å²) < 4.78 is 63.6. The standard InChI is InChI=1S/C30H40F2N4O6S/c1-3-5-12-43(39,40)20-27(36-30(38)41-11-7-10-33)29(37)42-28(19-35-18-22-9-6-8-21(4-2)13-22)26(34)16-23-14-24(31)17-25(32)15-23/h6,8-9,13-15,17,26-28,35H,3-5,7,11-12,16,18-20,34H2,1-2H3,(H,36,38)/t26-,27+,28+/m0/s1. The summed E-state index contributed by atoms with van der Waals surface area (Å²) in [6, 6.07) is 10.0. The zero-order valence-corrected chi connectivity index (χ0v) is 25.3. The second kappa shape index (κ2) is 18.1. The van der Waals surface area contributed by atoms with Gasteiger partial charge in [0.15, 0.2) is 9.84 Å². The summed E-state index contributed by atoms with van der Waals surface area (Å²) in [4.78, 5) is 25.6. The van der Waals surface area contributed by atoms with Gasteiger partial charge in [0.2, 0.25) is 0 Å². The zero-order chi connectivity index (χ0) is 31.8. The molecule has 0 aliphatic rings. The quantitative estimate of drug-likeness (QED) is 0.167. The van der Waals surface area contributed by atoms with Gasteiger partial charge in [0.25, 0.3) is 0 Å². The van der Waals surface area contributed by atoms with E-state index < -0.39 is 57.5 Å². The van der Waals surface area contributed by atoms with Crippen LogP contribution in [0.2, 0.25) is 0 Å². The molecule has 0 unspecified atom stereocenters. The number of sulfone groups is 1. The average Bonchev–Trinajstić information content (AvgIpc) is 2.94. The minimum atomic E-state index is -3.79. The number of carbonyl (C=O) groups excluding carboxylic acids is 2. The van der Waals surface area contributed by atoms with E-state index in [0.29, 0.717) is 19.4 Å². The van der Waals surface area contributed by atoms with Crippen LogP contribution in [-0.2, 0) is 43.5 Å². The second-order valence-electron chi connectivity index (χ2n) is 10.1. The van der Waals surface area contributed by atoms with Crippen LogP contribution in [0.1, 0.15) is 49.8 Å². The van der Waals surface area contributed by atoms with Crippen LogP contribution in [0.25, 0.3) is 0 Å². The minimum Gasteiger partial charge on any atom is -0.458 e. The van der Waals surface area contributed by atoms with E-state index in [1.807, 2.05) is 38.1 Å². The number of amides is 1. The molecule has 3 atom stereocenters. The first-order valence-corrected chi connectivity index (χ1v) is 16.0. The van der Waals surface area contributed by atoms with Gasteiger partial charge >= 0.3 is 12.1 Å². The summed E-state index contributed by atoms with van der Waals surface area (Å²) >= 11 is 0. The Morgan fingerprint density at radius 3 is 2.42 bits per heavy atom. The molecule has 0 aliphatic carbocycles. The summed E-state index contributed by atoms with van der Waals surface area (Å²) in [6.45, 7) is 3.99. The lowest BCUT2D eigenvalue weighted by Crippen LogP contribution is -2.52. The van der Waals surface area contributed by atoms with Gasteiger partial charge in [0.05, 0.1) is 24.0 Å². The molecule has 0 fully saturated rings. The van der Waals surface area contributed by atoms with Gasteiger partial charge in [-0.1, -0.05) is 44.5 Å². The number of carbonyl (C=O) groups is 2. The highest BCUT2D eigenvalue weighted by Crippen LogP contribution is 2.14.